The molecule has 0 heterocycles. The van der Waals surface area contributed by atoms with Gasteiger partial charge in [-0.3, -0.25) is 0 Å². The van der Waals surface area contributed by atoms with Gasteiger partial charge in [0.15, 0.2) is 0 Å². The van der Waals surface area contributed by atoms with Gasteiger partial charge in [-0.2, -0.15) is 0 Å². The number of ether oxygens (including phenoxy) is 5. The van der Waals surface area contributed by atoms with Gasteiger partial charge in [0.05, 0.1) is 79.3 Å². The molecule has 0 aromatic rings. The van der Waals surface area contributed by atoms with Crippen molar-refractivity contribution in [1.29, 1.82) is 0 Å². The van der Waals surface area contributed by atoms with E-state index in [1.54, 1.807) is 0 Å². The van der Waals surface area contributed by atoms with E-state index in [1.165, 1.54) is 0 Å². The van der Waals surface area contributed by atoms with E-state index in [-0.39, 0.29) is 66.1 Å². The molecule has 0 fully saturated rings. The first-order valence-corrected chi connectivity index (χ1v) is 9.97. The molecule has 0 spiro atoms. The lowest BCUT2D eigenvalue weighted by Crippen LogP contribution is -2.31. The maximum Gasteiger partial charge on any atom is 0.101 e. The maximum atomic E-state index is 9.73. The van der Waals surface area contributed by atoms with E-state index >= 15 is 0 Å². The van der Waals surface area contributed by atoms with E-state index in [9.17, 15) is 20.4 Å². The zero-order valence-electron chi connectivity index (χ0n) is 17.6. The highest BCUT2D eigenvalue weighted by molar-refractivity contribution is 4.59. The SMILES string of the molecule is OC[C@H](O)COC[C@H](O)COC[C@H](O)COC[C@H](O)COC[C@@H](O)COC[C@@H](O)CO. The molecular weight excluding hydrogens is 424 g/mol. The Morgan fingerprint density at radius 2 is 0.484 bits per heavy atom. The van der Waals surface area contributed by atoms with Crippen molar-refractivity contribution in [3.63, 3.8) is 0 Å². The molecule has 6 atom stereocenters. The van der Waals surface area contributed by atoms with Crippen LogP contribution in [0.25, 0.3) is 0 Å². The Hall–Kier alpha value is -0.520. The minimum atomic E-state index is -1.01. The highest BCUT2D eigenvalue weighted by Crippen LogP contribution is 1.96. The Balaban J connectivity index is 3.60. The van der Waals surface area contributed by atoms with Gasteiger partial charge in [0.1, 0.15) is 36.6 Å². The van der Waals surface area contributed by atoms with Crippen LogP contribution in [-0.2, 0) is 23.7 Å². The molecule has 0 saturated carbocycles. The van der Waals surface area contributed by atoms with Crippen molar-refractivity contribution in [2.24, 2.45) is 0 Å². The molecule has 0 saturated heterocycles. The van der Waals surface area contributed by atoms with E-state index in [2.05, 4.69) is 0 Å². The fourth-order valence-corrected chi connectivity index (χ4v) is 2.00. The van der Waals surface area contributed by atoms with Crippen molar-refractivity contribution < 1.29 is 64.5 Å². The molecule has 0 amide bonds. The Labute approximate surface area is 181 Å². The largest absolute Gasteiger partial charge is 0.394 e. The number of hydrogen-bond acceptors (Lipinski definition) is 13. The van der Waals surface area contributed by atoms with Crippen molar-refractivity contribution in [1.82, 2.24) is 0 Å². The monoisotopic (exact) mass is 462 g/mol. The van der Waals surface area contributed by atoms with Crippen LogP contribution < -0.4 is 0 Å². The van der Waals surface area contributed by atoms with Crippen LogP contribution in [0.1, 0.15) is 0 Å². The number of aliphatic hydroxyl groups is 8. The lowest BCUT2D eigenvalue weighted by Gasteiger charge is -2.17. The Bertz CT molecular complexity index is 355. The fraction of sp³-hybridized carbons (Fsp3) is 1.00. The lowest BCUT2D eigenvalue weighted by atomic mass is 10.3. The first-order chi connectivity index (χ1) is 14.8. The third-order valence-corrected chi connectivity index (χ3v) is 3.52. The van der Waals surface area contributed by atoms with E-state index in [0.29, 0.717) is 0 Å². The van der Waals surface area contributed by atoms with Gasteiger partial charge in [0.25, 0.3) is 0 Å². The van der Waals surface area contributed by atoms with E-state index < -0.39 is 49.8 Å². The second-order valence-electron chi connectivity index (χ2n) is 6.98. The molecule has 0 rings (SSSR count). The molecule has 0 aromatic heterocycles. The van der Waals surface area contributed by atoms with Crippen molar-refractivity contribution in [2.45, 2.75) is 36.6 Å². The van der Waals surface area contributed by atoms with Crippen molar-refractivity contribution >= 4 is 0 Å². The fourth-order valence-electron chi connectivity index (χ4n) is 2.00. The molecule has 188 valence electrons. The Kier molecular flexibility index (Phi) is 19.8. The second-order valence-corrected chi connectivity index (χ2v) is 6.98. The third-order valence-electron chi connectivity index (χ3n) is 3.52. The zero-order valence-corrected chi connectivity index (χ0v) is 17.6. The zero-order chi connectivity index (χ0) is 23.5. The first-order valence-electron chi connectivity index (χ1n) is 9.97. The summed E-state index contributed by atoms with van der Waals surface area (Å²) >= 11 is 0. The van der Waals surface area contributed by atoms with E-state index in [1.807, 2.05) is 0 Å². The van der Waals surface area contributed by atoms with Gasteiger partial charge < -0.3 is 64.5 Å². The molecule has 0 radical (unpaired) electrons. The minimum Gasteiger partial charge on any atom is -0.394 e. The average molecular weight is 462 g/mol. The summed E-state index contributed by atoms with van der Waals surface area (Å²) in [6.45, 7) is -1.95. The van der Waals surface area contributed by atoms with Gasteiger partial charge in [-0.25, -0.2) is 0 Å². The average Bonchev–Trinajstić information content (AvgIpc) is 2.73. The van der Waals surface area contributed by atoms with Crippen LogP contribution in [0.2, 0.25) is 0 Å². The predicted octanol–water partition coefficient (Wildman–Crippen LogP) is -4.78. The molecule has 31 heavy (non-hydrogen) atoms. The van der Waals surface area contributed by atoms with Gasteiger partial charge >= 0.3 is 0 Å². The molecule has 0 aliphatic heterocycles. The van der Waals surface area contributed by atoms with Crippen LogP contribution in [0.15, 0.2) is 0 Å². The van der Waals surface area contributed by atoms with Crippen molar-refractivity contribution in [2.75, 3.05) is 79.3 Å². The minimum absolute atomic E-state index is 0.0959. The topological polar surface area (TPSA) is 208 Å². The van der Waals surface area contributed by atoms with Gasteiger partial charge in [-0.15, -0.1) is 0 Å². The summed E-state index contributed by atoms with van der Waals surface area (Å²) in [6, 6.07) is 0. The Morgan fingerprint density at radius 3 is 0.645 bits per heavy atom. The molecule has 13 nitrogen and oxygen atoms in total. The van der Waals surface area contributed by atoms with Gasteiger partial charge in [-0.05, 0) is 0 Å². The van der Waals surface area contributed by atoms with Crippen LogP contribution in [-0.4, -0.2) is 157 Å². The Morgan fingerprint density at radius 1 is 0.323 bits per heavy atom. The normalized spacial score (nSPS) is 17.8. The summed E-state index contributed by atoms with van der Waals surface area (Å²) in [7, 11) is 0. The van der Waals surface area contributed by atoms with E-state index in [0.717, 1.165) is 0 Å². The lowest BCUT2D eigenvalue weighted by molar-refractivity contribution is -0.0840. The standard InChI is InChI=1S/C18H38O13/c19-1-13(21)3-27-5-15(23)7-29-9-17(25)11-31-12-18(26)10-30-8-16(24)6-28-4-14(22)2-20/h13-26H,1-12H2/t13-,14-,15-,16-,17-,18+/m0/s1. The molecule has 0 aliphatic rings. The first kappa shape index (κ1) is 30.5. The van der Waals surface area contributed by atoms with Crippen LogP contribution >= 0.6 is 0 Å². The molecule has 0 bridgehead atoms. The maximum absolute atomic E-state index is 9.73. The summed E-state index contributed by atoms with van der Waals surface area (Å²) < 4.78 is 25.3. The van der Waals surface area contributed by atoms with E-state index in [4.69, 9.17) is 44.1 Å². The highest BCUT2D eigenvalue weighted by atomic mass is 16.5. The van der Waals surface area contributed by atoms with Crippen molar-refractivity contribution in [3.8, 4) is 0 Å². The summed E-state index contributed by atoms with van der Waals surface area (Å²) in [5.74, 6) is 0. The summed E-state index contributed by atoms with van der Waals surface area (Å²) in [4.78, 5) is 0. The van der Waals surface area contributed by atoms with Gasteiger partial charge in [0.2, 0.25) is 0 Å². The second kappa shape index (κ2) is 20.1. The summed E-state index contributed by atoms with van der Waals surface area (Å²) in [5.41, 5.74) is 0. The molecule has 0 aromatic carbocycles. The molecular formula is C18H38O13. The number of aliphatic hydroxyl groups excluding tert-OH is 8. The smallest absolute Gasteiger partial charge is 0.101 e. The van der Waals surface area contributed by atoms with Crippen LogP contribution in [0, 0.1) is 0 Å². The van der Waals surface area contributed by atoms with Crippen molar-refractivity contribution in [3.05, 3.63) is 0 Å². The molecule has 8 N–H and O–H groups in total. The quantitative estimate of drug-likeness (QED) is 0.0761. The summed E-state index contributed by atoms with van der Waals surface area (Å²) in [5, 5.41) is 74.0. The van der Waals surface area contributed by atoms with Crippen LogP contribution in [0.4, 0.5) is 0 Å². The summed E-state index contributed by atoms with van der Waals surface area (Å²) in [6.07, 6.45) is -5.90. The number of hydrogen-bond donors (Lipinski definition) is 8. The number of rotatable bonds is 22. The van der Waals surface area contributed by atoms with Gasteiger partial charge in [-0.1, -0.05) is 0 Å². The third kappa shape index (κ3) is 19.9. The predicted molar refractivity (Wildman–Crippen MR) is 104 cm³/mol. The molecule has 13 heteroatoms. The van der Waals surface area contributed by atoms with Crippen LogP contribution in [0.5, 0.6) is 0 Å². The van der Waals surface area contributed by atoms with Crippen LogP contribution in [0.3, 0.4) is 0 Å². The highest BCUT2D eigenvalue weighted by Gasteiger charge is 2.13. The molecule has 0 aliphatic carbocycles. The van der Waals surface area contributed by atoms with Gasteiger partial charge in [0, 0.05) is 0 Å². The molecule has 0 unspecified atom stereocenters.